The Labute approximate surface area is 177 Å². The Morgan fingerprint density at radius 2 is 1.72 bits per heavy atom. The molecule has 0 unspecified atom stereocenters. The van der Waals surface area contributed by atoms with E-state index in [0.717, 1.165) is 27.1 Å². The van der Waals surface area contributed by atoms with Gasteiger partial charge in [-0.15, -0.1) is 10.2 Å². The minimum atomic E-state index is 0.106. The first-order chi connectivity index (χ1) is 14.3. The third-order valence-electron chi connectivity index (χ3n) is 4.88. The van der Waals surface area contributed by atoms with Crippen LogP contribution in [0.25, 0.3) is 11.1 Å². The molecule has 1 aliphatic rings. The first-order valence-electron chi connectivity index (χ1n) is 9.29. The van der Waals surface area contributed by atoms with Crippen molar-refractivity contribution in [3.8, 4) is 11.1 Å². The molecular weight excluding hydrogens is 398 g/mol. The van der Waals surface area contributed by atoms with Crippen LogP contribution in [0, 0.1) is 0 Å². The van der Waals surface area contributed by atoms with E-state index in [-0.39, 0.29) is 5.78 Å². The number of carbonyl (C=O) groups is 1. The van der Waals surface area contributed by atoms with E-state index in [1.807, 2.05) is 42.5 Å². The van der Waals surface area contributed by atoms with Crippen molar-refractivity contribution in [1.82, 2.24) is 10.2 Å². The van der Waals surface area contributed by atoms with Gasteiger partial charge in [-0.05, 0) is 46.9 Å². The fourth-order valence-electron chi connectivity index (χ4n) is 3.47. The van der Waals surface area contributed by atoms with Gasteiger partial charge in [-0.1, -0.05) is 77.7 Å². The van der Waals surface area contributed by atoms with E-state index in [1.54, 1.807) is 0 Å². The molecule has 0 aliphatic heterocycles. The highest BCUT2D eigenvalue weighted by molar-refractivity contribution is 8.01. The van der Waals surface area contributed by atoms with Crippen LogP contribution >= 0.6 is 23.1 Å². The molecule has 1 N–H and O–H groups in total. The summed E-state index contributed by atoms with van der Waals surface area (Å²) in [6.07, 6.45) is 0.941. The smallest absolute Gasteiger partial charge is 0.210 e. The molecule has 1 aromatic heterocycles. The van der Waals surface area contributed by atoms with Crippen LogP contribution in [0.15, 0.2) is 77.1 Å². The van der Waals surface area contributed by atoms with E-state index < -0.39 is 0 Å². The van der Waals surface area contributed by atoms with Gasteiger partial charge in [0.1, 0.15) is 0 Å². The summed E-state index contributed by atoms with van der Waals surface area (Å²) in [6, 6.07) is 24.3. The molecule has 0 saturated carbocycles. The number of Topliss-reactive ketones (excluding diaryl/α,β-unsaturated/α-hetero) is 1. The van der Waals surface area contributed by atoms with Crippen LogP contribution in [0.2, 0.25) is 0 Å². The highest BCUT2D eigenvalue weighted by Crippen LogP contribution is 2.37. The normalized spacial score (nSPS) is 11.7. The van der Waals surface area contributed by atoms with Gasteiger partial charge in [-0.3, -0.25) is 4.79 Å². The highest BCUT2D eigenvalue weighted by Gasteiger charge is 2.19. The van der Waals surface area contributed by atoms with Gasteiger partial charge in [0.2, 0.25) is 5.13 Å². The molecule has 4 aromatic rings. The Kier molecular flexibility index (Phi) is 4.87. The van der Waals surface area contributed by atoms with Crippen LogP contribution in [-0.2, 0) is 6.42 Å². The second kappa shape index (κ2) is 7.81. The number of fused-ring (bicyclic) bond motifs is 3. The number of para-hydroxylation sites is 1. The number of aromatic nitrogens is 2. The summed E-state index contributed by atoms with van der Waals surface area (Å²) in [5.41, 5.74) is 6.76. The third kappa shape index (κ3) is 3.81. The molecule has 6 heteroatoms. The van der Waals surface area contributed by atoms with Crippen LogP contribution in [-0.4, -0.2) is 21.7 Å². The van der Waals surface area contributed by atoms with E-state index in [2.05, 4.69) is 45.8 Å². The molecule has 0 radical (unpaired) electrons. The molecule has 0 atom stereocenters. The number of anilines is 2. The maximum absolute atomic E-state index is 12.7. The lowest BCUT2D eigenvalue weighted by molar-refractivity contribution is 0.102. The molecule has 0 saturated heterocycles. The fourth-order valence-corrected chi connectivity index (χ4v) is 5.14. The number of rotatable bonds is 6. The third-order valence-corrected chi connectivity index (χ3v) is 6.85. The molecule has 0 amide bonds. The van der Waals surface area contributed by atoms with Gasteiger partial charge < -0.3 is 5.32 Å². The number of nitrogens with zero attached hydrogens (tertiary/aromatic N) is 2. The monoisotopic (exact) mass is 415 g/mol. The molecule has 1 heterocycles. The Morgan fingerprint density at radius 1 is 0.931 bits per heavy atom. The second-order valence-corrected chi connectivity index (χ2v) is 8.98. The molecule has 142 valence electrons. The van der Waals surface area contributed by atoms with Crippen molar-refractivity contribution >= 4 is 39.7 Å². The fraction of sp³-hybridized carbons (Fsp3) is 0.0870. The van der Waals surface area contributed by atoms with Crippen LogP contribution in [0.3, 0.4) is 0 Å². The number of ketones is 1. The van der Waals surface area contributed by atoms with Crippen LogP contribution in [0.4, 0.5) is 10.8 Å². The quantitative estimate of drug-likeness (QED) is 0.279. The van der Waals surface area contributed by atoms with Crippen molar-refractivity contribution in [3.63, 3.8) is 0 Å². The predicted molar refractivity (Wildman–Crippen MR) is 119 cm³/mol. The van der Waals surface area contributed by atoms with Crippen LogP contribution in [0.5, 0.6) is 0 Å². The maximum atomic E-state index is 12.7. The molecule has 0 spiro atoms. The Bertz CT molecular complexity index is 1190. The van der Waals surface area contributed by atoms with Crippen LogP contribution in [0.1, 0.15) is 21.5 Å². The lowest BCUT2D eigenvalue weighted by Gasteiger charge is -2.05. The van der Waals surface area contributed by atoms with Crippen molar-refractivity contribution in [2.75, 3.05) is 11.1 Å². The summed E-state index contributed by atoms with van der Waals surface area (Å²) in [5, 5.41) is 12.3. The summed E-state index contributed by atoms with van der Waals surface area (Å²) in [6.45, 7) is 0. The zero-order valence-electron chi connectivity index (χ0n) is 15.5. The molecule has 0 bridgehead atoms. The summed E-state index contributed by atoms with van der Waals surface area (Å²) in [4.78, 5) is 12.7. The van der Waals surface area contributed by atoms with Gasteiger partial charge in [0.05, 0.1) is 5.75 Å². The molecule has 5 rings (SSSR count). The number of carbonyl (C=O) groups excluding carboxylic acids is 1. The number of benzene rings is 3. The minimum Gasteiger partial charge on any atom is -0.330 e. The first-order valence-corrected chi connectivity index (χ1v) is 11.1. The van der Waals surface area contributed by atoms with Crippen LogP contribution < -0.4 is 5.32 Å². The van der Waals surface area contributed by atoms with E-state index >= 15 is 0 Å². The Morgan fingerprint density at radius 3 is 2.62 bits per heavy atom. The van der Waals surface area contributed by atoms with E-state index in [4.69, 9.17) is 0 Å². The Hall–Kier alpha value is -2.96. The minimum absolute atomic E-state index is 0.106. The average Bonchev–Trinajstić information content (AvgIpc) is 3.36. The summed E-state index contributed by atoms with van der Waals surface area (Å²) >= 11 is 2.88. The number of nitrogens with one attached hydrogen (secondary N) is 1. The summed E-state index contributed by atoms with van der Waals surface area (Å²) < 4.78 is 0.781. The SMILES string of the molecule is O=C(CSc1nnc(Nc2ccccc2)s1)c1ccc2c(c1)-c1ccccc1C2. The van der Waals surface area contributed by atoms with Gasteiger partial charge >= 0.3 is 0 Å². The largest absolute Gasteiger partial charge is 0.330 e. The topological polar surface area (TPSA) is 54.9 Å². The maximum Gasteiger partial charge on any atom is 0.210 e. The molecule has 29 heavy (non-hydrogen) atoms. The lowest BCUT2D eigenvalue weighted by atomic mass is 10.0. The van der Waals surface area contributed by atoms with Crippen molar-refractivity contribution in [1.29, 1.82) is 0 Å². The lowest BCUT2D eigenvalue weighted by Crippen LogP contribution is -2.02. The number of hydrogen-bond acceptors (Lipinski definition) is 6. The first kappa shape index (κ1) is 18.1. The van der Waals surface area contributed by atoms with Gasteiger partial charge in [-0.25, -0.2) is 0 Å². The van der Waals surface area contributed by atoms with Gasteiger partial charge in [0, 0.05) is 11.3 Å². The summed E-state index contributed by atoms with van der Waals surface area (Å²) in [5.74, 6) is 0.454. The Balaban J connectivity index is 1.26. The molecule has 0 fully saturated rings. The number of thioether (sulfide) groups is 1. The zero-order chi connectivity index (χ0) is 19.6. The van der Waals surface area contributed by atoms with E-state index in [0.29, 0.717) is 5.75 Å². The van der Waals surface area contributed by atoms with Crippen molar-refractivity contribution in [2.24, 2.45) is 0 Å². The predicted octanol–water partition coefficient (Wildman–Crippen LogP) is 5.83. The molecule has 3 aromatic carbocycles. The summed E-state index contributed by atoms with van der Waals surface area (Å²) in [7, 11) is 0. The van der Waals surface area contributed by atoms with Gasteiger partial charge in [0.25, 0.3) is 0 Å². The standard InChI is InChI=1S/C23H17N3OS2/c27-21(14-28-23-26-25-22(29-23)24-18-7-2-1-3-8-18)17-11-10-16-12-15-6-4-5-9-19(15)20(16)13-17/h1-11,13H,12,14H2,(H,24,25). The van der Waals surface area contributed by atoms with Crippen molar-refractivity contribution in [3.05, 3.63) is 89.5 Å². The number of hydrogen-bond donors (Lipinski definition) is 1. The van der Waals surface area contributed by atoms with E-state index in [1.165, 1.54) is 45.4 Å². The van der Waals surface area contributed by atoms with Crippen molar-refractivity contribution in [2.45, 2.75) is 10.8 Å². The molecule has 4 nitrogen and oxygen atoms in total. The average molecular weight is 416 g/mol. The van der Waals surface area contributed by atoms with Crippen molar-refractivity contribution < 1.29 is 4.79 Å². The van der Waals surface area contributed by atoms with Gasteiger partial charge in [0.15, 0.2) is 10.1 Å². The van der Waals surface area contributed by atoms with E-state index in [9.17, 15) is 4.79 Å². The molecular formula is C23H17N3OS2. The zero-order valence-corrected chi connectivity index (χ0v) is 17.1. The van der Waals surface area contributed by atoms with Gasteiger partial charge in [-0.2, -0.15) is 0 Å². The second-order valence-electron chi connectivity index (χ2n) is 6.78. The highest BCUT2D eigenvalue weighted by atomic mass is 32.2. The molecule has 1 aliphatic carbocycles.